The molecule has 1 aromatic heterocycles. The second-order valence-electron chi connectivity index (χ2n) is 7.26. The summed E-state index contributed by atoms with van der Waals surface area (Å²) in [4.78, 5) is 12.8. The van der Waals surface area contributed by atoms with Crippen molar-refractivity contribution >= 4 is 0 Å². The summed E-state index contributed by atoms with van der Waals surface area (Å²) < 4.78 is 5.65. The molecule has 3 N–H and O–H groups in total. The topological polar surface area (TPSA) is 90.9 Å². The molecule has 0 bridgehead atoms. The van der Waals surface area contributed by atoms with Gasteiger partial charge in [0, 0.05) is 17.9 Å². The molecule has 0 saturated carbocycles. The maximum atomic E-state index is 12.8. The average Bonchev–Trinajstić information content (AvgIpc) is 2.71. The van der Waals surface area contributed by atoms with E-state index in [9.17, 15) is 20.1 Å². The van der Waals surface area contributed by atoms with Gasteiger partial charge in [-0.2, -0.15) is 0 Å². The van der Waals surface area contributed by atoms with Gasteiger partial charge in [0.2, 0.25) is 0 Å². The fourth-order valence-corrected chi connectivity index (χ4v) is 3.71. The highest BCUT2D eigenvalue weighted by atomic mass is 16.4. The van der Waals surface area contributed by atoms with E-state index in [0.29, 0.717) is 18.6 Å². The maximum Gasteiger partial charge on any atom is 0.343 e. The molecular weight excluding hydrogens is 368 g/mol. The minimum atomic E-state index is -0.538. The lowest BCUT2D eigenvalue weighted by molar-refractivity contribution is 0.381. The number of aromatic hydroxyl groups is 3. The summed E-state index contributed by atoms with van der Waals surface area (Å²) in [7, 11) is 0. The molecule has 29 heavy (non-hydrogen) atoms. The summed E-state index contributed by atoms with van der Waals surface area (Å²) in [6.07, 6.45) is 1.97. The molecule has 3 aromatic rings. The van der Waals surface area contributed by atoms with Crippen LogP contribution in [0.2, 0.25) is 0 Å². The first-order valence-electron chi connectivity index (χ1n) is 9.86. The van der Waals surface area contributed by atoms with Crippen LogP contribution in [0.25, 0.3) is 0 Å². The van der Waals surface area contributed by atoms with Gasteiger partial charge in [-0.3, -0.25) is 0 Å². The molecule has 0 aliphatic heterocycles. The summed E-state index contributed by atoms with van der Waals surface area (Å²) in [6.45, 7) is 3.94. The minimum Gasteiger partial charge on any atom is -0.508 e. The van der Waals surface area contributed by atoms with Gasteiger partial charge in [-0.1, -0.05) is 38.1 Å². The van der Waals surface area contributed by atoms with Crippen molar-refractivity contribution in [2.45, 2.75) is 44.9 Å². The molecule has 0 aliphatic rings. The van der Waals surface area contributed by atoms with Gasteiger partial charge in [-0.05, 0) is 54.7 Å². The second kappa shape index (κ2) is 8.86. The van der Waals surface area contributed by atoms with Crippen molar-refractivity contribution in [3.05, 3.63) is 87.5 Å². The van der Waals surface area contributed by atoms with Crippen LogP contribution in [0.5, 0.6) is 17.2 Å². The summed E-state index contributed by atoms with van der Waals surface area (Å²) in [5, 5.41) is 29.6. The van der Waals surface area contributed by atoms with E-state index in [1.165, 1.54) is 0 Å². The van der Waals surface area contributed by atoms with Gasteiger partial charge in [0.15, 0.2) is 0 Å². The Morgan fingerprint density at radius 2 is 1.45 bits per heavy atom. The van der Waals surface area contributed by atoms with Crippen LogP contribution in [0.1, 0.15) is 61.0 Å². The molecule has 3 rings (SSSR count). The van der Waals surface area contributed by atoms with Crippen LogP contribution < -0.4 is 5.63 Å². The lowest BCUT2D eigenvalue weighted by Crippen LogP contribution is -2.16. The maximum absolute atomic E-state index is 12.8. The Morgan fingerprint density at radius 3 is 1.97 bits per heavy atom. The third-order valence-corrected chi connectivity index (χ3v) is 5.35. The van der Waals surface area contributed by atoms with Crippen LogP contribution in [0.3, 0.4) is 0 Å². The van der Waals surface area contributed by atoms with Crippen LogP contribution in [0.15, 0.2) is 63.8 Å². The lowest BCUT2D eigenvalue weighted by atomic mass is 9.88. The fraction of sp³-hybridized carbons (Fsp3) is 0.292. The number of rotatable bonds is 7. The SMILES string of the molecule is CCC(Cc1ccc(O)cc1)c1cc(O)c(C(CC)c2ccc(O)cc2)c(=O)o1. The average molecular weight is 394 g/mol. The molecule has 152 valence electrons. The highest BCUT2D eigenvalue weighted by molar-refractivity contribution is 5.41. The number of phenols is 2. The monoisotopic (exact) mass is 394 g/mol. The van der Waals surface area contributed by atoms with Crippen LogP contribution in [-0.2, 0) is 6.42 Å². The molecule has 1 heterocycles. The predicted octanol–water partition coefficient (Wildman–Crippen LogP) is 5.03. The summed E-state index contributed by atoms with van der Waals surface area (Å²) in [5.74, 6) is 0.345. The van der Waals surface area contributed by atoms with Crippen molar-refractivity contribution in [3.63, 3.8) is 0 Å². The highest BCUT2D eigenvalue weighted by Crippen LogP contribution is 2.35. The third-order valence-electron chi connectivity index (χ3n) is 5.35. The lowest BCUT2D eigenvalue weighted by Gasteiger charge is -2.19. The first-order chi connectivity index (χ1) is 13.9. The van der Waals surface area contributed by atoms with Crippen molar-refractivity contribution < 1.29 is 19.7 Å². The molecular formula is C24H26O5. The van der Waals surface area contributed by atoms with E-state index in [0.717, 1.165) is 17.5 Å². The minimum absolute atomic E-state index is 0.0686. The first-order valence-corrected chi connectivity index (χ1v) is 9.86. The van der Waals surface area contributed by atoms with Gasteiger partial charge < -0.3 is 19.7 Å². The molecule has 0 amide bonds. The summed E-state index contributed by atoms with van der Waals surface area (Å²) >= 11 is 0. The van der Waals surface area contributed by atoms with E-state index in [1.807, 2.05) is 26.0 Å². The van der Waals surface area contributed by atoms with Gasteiger partial charge in [0.1, 0.15) is 23.0 Å². The Balaban J connectivity index is 1.93. The van der Waals surface area contributed by atoms with E-state index >= 15 is 0 Å². The van der Waals surface area contributed by atoms with Gasteiger partial charge >= 0.3 is 5.63 Å². The fourth-order valence-electron chi connectivity index (χ4n) is 3.71. The van der Waals surface area contributed by atoms with E-state index in [-0.39, 0.29) is 34.6 Å². The normalized spacial score (nSPS) is 13.2. The standard InChI is InChI=1S/C24H26O5/c1-3-16(13-15-5-9-18(25)10-6-15)22-14-21(27)23(24(28)29-22)20(4-2)17-7-11-19(26)12-8-17/h5-12,14,16,20,25-27H,3-4,13H2,1-2H3. The first kappa shape index (κ1) is 20.5. The Labute approximate surface area is 169 Å². The highest BCUT2D eigenvalue weighted by Gasteiger charge is 2.24. The van der Waals surface area contributed by atoms with Crippen LogP contribution in [0, 0.1) is 0 Å². The van der Waals surface area contributed by atoms with Crippen molar-refractivity contribution in [3.8, 4) is 17.2 Å². The molecule has 2 unspecified atom stereocenters. The van der Waals surface area contributed by atoms with Crippen LogP contribution in [0.4, 0.5) is 0 Å². The van der Waals surface area contributed by atoms with Crippen LogP contribution >= 0.6 is 0 Å². The Kier molecular flexibility index (Phi) is 6.27. The second-order valence-corrected chi connectivity index (χ2v) is 7.26. The Hall–Kier alpha value is -3.21. The molecule has 2 aromatic carbocycles. The summed E-state index contributed by atoms with van der Waals surface area (Å²) in [5.41, 5.74) is 1.54. The quantitative estimate of drug-likeness (QED) is 0.522. The van der Waals surface area contributed by atoms with Crippen molar-refractivity contribution in [1.82, 2.24) is 0 Å². The zero-order valence-corrected chi connectivity index (χ0v) is 16.6. The number of hydrogen-bond acceptors (Lipinski definition) is 5. The van der Waals surface area contributed by atoms with E-state index in [4.69, 9.17) is 4.42 Å². The number of phenolic OH excluding ortho intramolecular Hbond substituents is 2. The van der Waals surface area contributed by atoms with Gasteiger partial charge in [0.05, 0.1) is 5.56 Å². The van der Waals surface area contributed by atoms with E-state index < -0.39 is 5.63 Å². The van der Waals surface area contributed by atoms with Crippen LogP contribution in [-0.4, -0.2) is 15.3 Å². The van der Waals surface area contributed by atoms with Gasteiger partial charge in [0.25, 0.3) is 0 Å². The van der Waals surface area contributed by atoms with Crippen molar-refractivity contribution in [2.75, 3.05) is 0 Å². The zero-order valence-electron chi connectivity index (χ0n) is 16.6. The molecule has 5 heteroatoms. The molecule has 0 radical (unpaired) electrons. The van der Waals surface area contributed by atoms with Crippen molar-refractivity contribution in [2.24, 2.45) is 0 Å². The molecule has 0 spiro atoms. The molecule has 5 nitrogen and oxygen atoms in total. The molecule has 0 aliphatic carbocycles. The van der Waals surface area contributed by atoms with Crippen molar-refractivity contribution in [1.29, 1.82) is 0 Å². The molecule has 0 fully saturated rings. The van der Waals surface area contributed by atoms with E-state index in [2.05, 4.69) is 0 Å². The predicted molar refractivity (Wildman–Crippen MR) is 112 cm³/mol. The third kappa shape index (κ3) is 4.62. The Bertz CT molecular complexity index is 1000. The van der Waals surface area contributed by atoms with Gasteiger partial charge in [-0.25, -0.2) is 4.79 Å². The smallest absolute Gasteiger partial charge is 0.343 e. The number of benzene rings is 2. The summed E-state index contributed by atoms with van der Waals surface area (Å²) in [6, 6.07) is 15.1. The number of hydrogen-bond donors (Lipinski definition) is 3. The zero-order chi connectivity index (χ0) is 21.0. The van der Waals surface area contributed by atoms with E-state index in [1.54, 1.807) is 42.5 Å². The van der Waals surface area contributed by atoms with Gasteiger partial charge in [-0.15, -0.1) is 0 Å². The largest absolute Gasteiger partial charge is 0.508 e. The molecule has 0 saturated heterocycles. The molecule has 2 atom stereocenters. The Morgan fingerprint density at radius 1 is 0.862 bits per heavy atom.